The fourth-order valence-corrected chi connectivity index (χ4v) is 2.83. The minimum Gasteiger partial charge on any atom is -0.392 e. The second-order valence-corrected chi connectivity index (χ2v) is 8.36. The Balaban J connectivity index is 2.21. The molecule has 0 amide bonds. The van der Waals surface area contributed by atoms with Crippen LogP contribution in [0.25, 0.3) is 0 Å². The molecule has 0 bridgehead atoms. The van der Waals surface area contributed by atoms with Gasteiger partial charge in [-0.2, -0.15) is 4.98 Å². The third-order valence-corrected chi connectivity index (χ3v) is 4.45. The van der Waals surface area contributed by atoms with Crippen LogP contribution in [0.15, 0.2) is 6.20 Å². The Morgan fingerprint density at radius 1 is 1.42 bits per heavy atom. The highest BCUT2D eigenvalue weighted by Crippen LogP contribution is 2.36. The number of nitrogen functional groups attached to an aromatic ring is 1. The van der Waals surface area contributed by atoms with Gasteiger partial charge in [-0.3, -0.25) is 5.41 Å². The van der Waals surface area contributed by atoms with E-state index in [0.29, 0.717) is 23.8 Å². The van der Waals surface area contributed by atoms with Gasteiger partial charge in [0.15, 0.2) is 0 Å². The first-order chi connectivity index (χ1) is 11.0. The summed E-state index contributed by atoms with van der Waals surface area (Å²) in [5, 5.41) is 24.6. The van der Waals surface area contributed by atoms with Crippen molar-refractivity contribution in [1.82, 2.24) is 9.97 Å². The maximum Gasteiger partial charge on any atom is 0.225 e. The molecule has 0 aromatic carbocycles. The number of anilines is 2. The summed E-state index contributed by atoms with van der Waals surface area (Å²) in [6.07, 6.45) is 3.72. The molecule has 1 saturated carbocycles. The summed E-state index contributed by atoms with van der Waals surface area (Å²) in [6.45, 7) is 10.3. The van der Waals surface area contributed by atoms with E-state index >= 15 is 0 Å². The lowest BCUT2D eigenvalue weighted by atomic mass is 9.73. The van der Waals surface area contributed by atoms with Crippen LogP contribution in [0.1, 0.15) is 59.4 Å². The molecule has 1 heterocycles. The predicted molar refractivity (Wildman–Crippen MR) is 97.5 cm³/mol. The second-order valence-electron chi connectivity index (χ2n) is 8.36. The van der Waals surface area contributed by atoms with Crippen LogP contribution in [-0.4, -0.2) is 38.6 Å². The number of amidine groups is 1. The minimum atomic E-state index is -0.362. The monoisotopic (exact) mass is 334 g/mol. The van der Waals surface area contributed by atoms with Crippen LogP contribution < -0.4 is 16.4 Å². The van der Waals surface area contributed by atoms with Crippen LogP contribution in [0.2, 0.25) is 0 Å². The summed E-state index contributed by atoms with van der Waals surface area (Å²) in [5.74, 6) is 0.962. The van der Waals surface area contributed by atoms with E-state index in [2.05, 4.69) is 34.4 Å². The Bertz CT molecular complexity index is 608. The normalized spacial score (nSPS) is 23.6. The fraction of sp³-hybridized carbons (Fsp3) is 0.706. The first kappa shape index (κ1) is 18.4. The zero-order valence-electron chi connectivity index (χ0n) is 15.3. The number of hydrogen-bond donors (Lipinski definition) is 5. The van der Waals surface area contributed by atoms with Crippen LogP contribution in [0.3, 0.4) is 0 Å². The van der Waals surface area contributed by atoms with Gasteiger partial charge in [0, 0.05) is 17.8 Å². The molecule has 0 unspecified atom stereocenters. The van der Waals surface area contributed by atoms with Gasteiger partial charge in [0.05, 0.1) is 11.7 Å². The Kier molecular flexibility index (Phi) is 5.03. The van der Waals surface area contributed by atoms with Gasteiger partial charge in [0.25, 0.3) is 0 Å². The SMILES string of the molecule is CC(C)(C)Nc1ncc(C(=N)N)c(N[C@H]2CCC(C)(C)[C@@H](O)C2)n1. The molecule has 1 fully saturated rings. The Morgan fingerprint density at radius 2 is 2.08 bits per heavy atom. The predicted octanol–water partition coefficient (Wildman–Crippen LogP) is 2.32. The van der Waals surface area contributed by atoms with Gasteiger partial charge in [0.2, 0.25) is 5.95 Å². The summed E-state index contributed by atoms with van der Waals surface area (Å²) >= 11 is 0. The summed E-state index contributed by atoms with van der Waals surface area (Å²) < 4.78 is 0. The average molecular weight is 334 g/mol. The van der Waals surface area contributed by atoms with E-state index in [1.165, 1.54) is 0 Å². The molecule has 7 heteroatoms. The number of nitrogens with one attached hydrogen (secondary N) is 3. The van der Waals surface area contributed by atoms with Crippen molar-refractivity contribution in [2.24, 2.45) is 11.1 Å². The molecule has 6 N–H and O–H groups in total. The van der Waals surface area contributed by atoms with E-state index in [4.69, 9.17) is 11.1 Å². The molecule has 24 heavy (non-hydrogen) atoms. The van der Waals surface area contributed by atoms with Crippen molar-refractivity contribution in [3.8, 4) is 0 Å². The summed E-state index contributed by atoms with van der Waals surface area (Å²) in [4.78, 5) is 8.74. The Hall–Kier alpha value is -1.89. The van der Waals surface area contributed by atoms with E-state index in [1.54, 1.807) is 6.20 Å². The molecular formula is C17H30N6O. The van der Waals surface area contributed by atoms with E-state index < -0.39 is 0 Å². The van der Waals surface area contributed by atoms with Crippen LogP contribution in [0.4, 0.5) is 11.8 Å². The topological polar surface area (TPSA) is 120 Å². The average Bonchev–Trinajstić information content (AvgIpc) is 2.41. The first-order valence-electron chi connectivity index (χ1n) is 8.42. The van der Waals surface area contributed by atoms with E-state index in [1.807, 2.05) is 20.8 Å². The van der Waals surface area contributed by atoms with Crippen LogP contribution >= 0.6 is 0 Å². The van der Waals surface area contributed by atoms with Crippen LogP contribution in [0, 0.1) is 10.8 Å². The number of nitrogens with zero attached hydrogens (tertiary/aromatic N) is 2. The quantitative estimate of drug-likeness (QED) is 0.426. The van der Waals surface area contributed by atoms with Crippen molar-refractivity contribution in [2.45, 2.75) is 71.6 Å². The molecule has 1 aliphatic rings. The maximum atomic E-state index is 10.3. The van der Waals surface area contributed by atoms with E-state index in [9.17, 15) is 5.11 Å². The molecule has 0 radical (unpaired) electrons. The van der Waals surface area contributed by atoms with Gasteiger partial charge < -0.3 is 21.5 Å². The van der Waals surface area contributed by atoms with Gasteiger partial charge in [-0.25, -0.2) is 4.98 Å². The lowest BCUT2D eigenvalue weighted by Crippen LogP contribution is -2.41. The van der Waals surface area contributed by atoms with Crippen molar-refractivity contribution in [3.63, 3.8) is 0 Å². The van der Waals surface area contributed by atoms with Gasteiger partial charge in [-0.1, -0.05) is 13.8 Å². The zero-order valence-corrected chi connectivity index (χ0v) is 15.3. The van der Waals surface area contributed by atoms with Gasteiger partial charge in [0.1, 0.15) is 11.7 Å². The summed E-state index contributed by atoms with van der Waals surface area (Å²) in [7, 11) is 0. The largest absolute Gasteiger partial charge is 0.392 e. The van der Waals surface area contributed by atoms with Gasteiger partial charge in [-0.05, 0) is 45.4 Å². The number of rotatable bonds is 4. The second kappa shape index (κ2) is 6.55. The molecule has 2 rings (SSSR count). The Labute approximate surface area is 144 Å². The lowest BCUT2D eigenvalue weighted by Gasteiger charge is -2.39. The fourth-order valence-electron chi connectivity index (χ4n) is 2.83. The molecule has 0 saturated heterocycles. The number of aromatic nitrogens is 2. The molecular weight excluding hydrogens is 304 g/mol. The Morgan fingerprint density at radius 3 is 2.62 bits per heavy atom. The summed E-state index contributed by atoms with van der Waals surface area (Å²) in [6, 6.07) is 0.100. The molecule has 1 aromatic rings. The van der Waals surface area contributed by atoms with Crippen molar-refractivity contribution >= 4 is 17.6 Å². The number of aliphatic hydroxyl groups excluding tert-OH is 1. The molecule has 2 atom stereocenters. The molecule has 0 aliphatic heterocycles. The molecule has 1 aromatic heterocycles. The van der Waals surface area contributed by atoms with Gasteiger partial charge >= 0.3 is 0 Å². The van der Waals surface area contributed by atoms with Crippen molar-refractivity contribution < 1.29 is 5.11 Å². The molecule has 7 nitrogen and oxygen atoms in total. The zero-order chi connectivity index (χ0) is 18.1. The number of hydrogen-bond acceptors (Lipinski definition) is 6. The van der Waals surface area contributed by atoms with E-state index in [0.717, 1.165) is 12.8 Å². The van der Waals surface area contributed by atoms with Crippen molar-refractivity contribution in [3.05, 3.63) is 11.8 Å². The molecule has 1 aliphatic carbocycles. The highest BCUT2D eigenvalue weighted by Gasteiger charge is 2.35. The number of nitrogens with two attached hydrogens (primary N) is 1. The highest BCUT2D eigenvalue weighted by atomic mass is 16.3. The highest BCUT2D eigenvalue weighted by molar-refractivity contribution is 5.99. The lowest BCUT2D eigenvalue weighted by molar-refractivity contribution is 0.00912. The van der Waals surface area contributed by atoms with Gasteiger partial charge in [-0.15, -0.1) is 0 Å². The van der Waals surface area contributed by atoms with Crippen LogP contribution in [-0.2, 0) is 0 Å². The third kappa shape index (κ3) is 4.56. The van der Waals surface area contributed by atoms with E-state index in [-0.39, 0.29) is 28.9 Å². The van der Waals surface area contributed by atoms with Crippen molar-refractivity contribution in [1.29, 1.82) is 5.41 Å². The van der Waals surface area contributed by atoms with Crippen LogP contribution in [0.5, 0.6) is 0 Å². The molecule has 0 spiro atoms. The first-order valence-corrected chi connectivity index (χ1v) is 8.42. The third-order valence-electron chi connectivity index (χ3n) is 4.45. The smallest absolute Gasteiger partial charge is 0.225 e. The van der Waals surface area contributed by atoms with Crippen molar-refractivity contribution in [2.75, 3.05) is 10.6 Å². The standard InChI is InChI=1S/C17H30N6O/c1-16(2,3)23-15-20-9-11(13(18)19)14(22-15)21-10-6-7-17(4,5)12(24)8-10/h9-10,12,24H,6-8H2,1-5H3,(H3,18,19)(H2,20,21,22,23)/t10-,12-/m0/s1. The molecule has 134 valence electrons. The summed E-state index contributed by atoms with van der Waals surface area (Å²) in [5.41, 5.74) is 5.91. The maximum absolute atomic E-state index is 10.3. The number of aliphatic hydroxyl groups is 1. The minimum absolute atomic E-state index is 0.0633.